The van der Waals surface area contributed by atoms with Crippen LogP contribution in [0.1, 0.15) is 54.8 Å². The van der Waals surface area contributed by atoms with Crippen molar-refractivity contribution in [2.45, 2.75) is 52.6 Å². The molecule has 0 bridgehead atoms. The second-order valence-electron chi connectivity index (χ2n) is 9.47. The zero-order chi connectivity index (χ0) is 25.7. The Morgan fingerprint density at radius 1 is 1.14 bits per heavy atom. The third kappa shape index (κ3) is 5.87. The monoisotopic (exact) mass is 492 g/mol. The molecular formula is C28H36N4O4. The molecule has 1 fully saturated rings. The zero-order valence-corrected chi connectivity index (χ0v) is 21.8. The number of likely N-dealkylation sites (tertiary alicyclic amines) is 1. The van der Waals surface area contributed by atoms with E-state index in [1.807, 2.05) is 18.2 Å². The SMILES string of the molecule is CCC(NC(=O)C1CCCN(Cc2nc(-c3ccc(OC)c(OC)c3)no2)C1)c1ccc(C)c(C)c1. The van der Waals surface area contributed by atoms with E-state index < -0.39 is 0 Å². The summed E-state index contributed by atoms with van der Waals surface area (Å²) >= 11 is 0. The number of methoxy groups -OCH3 is 2. The van der Waals surface area contributed by atoms with Gasteiger partial charge in [0.1, 0.15) is 0 Å². The lowest BCUT2D eigenvalue weighted by atomic mass is 9.95. The van der Waals surface area contributed by atoms with E-state index in [0.29, 0.717) is 36.3 Å². The Morgan fingerprint density at radius 2 is 1.94 bits per heavy atom. The Kier molecular flexibility index (Phi) is 8.25. The van der Waals surface area contributed by atoms with Crippen LogP contribution in [0.4, 0.5) is 0 Å². The minimum Gasteiger partial charge on any atom is -0.493 e. The van der Waals surface area contributed by atoms with Gasteiger partial charge in [-0.05, 0) is 74.5 Å². The van der Waals surface area contributed by atoms with Gasteiger partial charge in [-0.25, -0.2) is 0 Å². The Morgan fingerprint density at radius 3 is 2.67 bits per heavy atom. The average Bonchev–Trinajstić information content (AvgIpc) is 3.36. The van der Waals surface area contributed by atoms with Gasteiger partial charge in [-0.15, -0.1) is 0 Å². The topological polar surface area (TPSA) is 89.7 Å². The Hall–Kier alpha value is -3.39. The largest absolute Gasteiger partial charge is 0.493 e. The van der Waals surface area contributed by atoms with Crippen LogP contribution in [0.25, 0.3) is 11.4 Å². The maximum atomic E-state index is 13.2. The number of aryl methyl sites for hydroxylation is 2. The lowest BCUT2D eigenvalue weighted by molar-refractivity contribution is -0.127. The molecule has 3 aromatic rings. The number of amides is 1. The first-order valence-electron chi connectivity index (χ1n) is 12.6. The molecule has 1 N–H and O–H groups in total. The van der Waals surface area contributed by atoms with E-state index in [4.69, 9.17) is 14.0 Å². The van der Waals surface area contributed by atoms with Gasteiger partial charge in [-0.1, -0.05) is 30.3 Å². The van der Waals surface area contributed by atoms with E-state index >= 15 is 0 Å². The molecule has 8 heteroatoms. The van der Waals surface area contributed by atoms with Crippen molar-refractivity contribution in [3.8, 4) is 22.9 Å². The molecule has 36 heavy (non-hydrogen) atoms. The predicted molar refractivity (Wildman–Crippen MR) is 138 cm³/mol. The molecular weight excluding hydrogens is 456 g/mol. The number of benzene rings is 2. The van der Waals surface area contributed by atoms with Crippen molar-refractivity contribution in [2.24, 2.45) is 5.92 Å². The molecule has 2 aromatic carbocycles. The van der Waals surface area contributed by atoms with Gasteiger partial charge in [-0.3, -0.25) is 9.69 Å². The van der Waals surface area contributed by atoms with Gasteiger partial charge >= 0.3 is 0 Å². The molecule has 2 unspecified atom stereocenters. The molecule has 192 valence electrons. The fraction of sp³-hybridized carbons (Fsp3) is 0.464. The molecule has 0 aliphatic carbocycles. The first-order chi connectivity index (χ1) is 17.4. The maximum Gasteiger partial charge on any atom is 0.241 e. The third-order valence-electron chi connectivity index (χ3n) is 7.00. The van der Waals surface area contributed by atoms with E-state index in [1.165, 1.54) is 11.1 Å². The molecule has 0 radical (unpaired) electrons. The molecule has 2 heterocycles. The van der Waals surface area contributed by atoms with Gasteiger partial charge < -0.3 is 19.3 Å². The number of ether oxygens (including phenoxy) is 2. The second kappa shape index (κ2) is 11.6. The normalized spacial score (nSPS) is 17.0. The van der Waals surface area contributed by atoms with E-state index in [-0.39, 0.29) is 17.9 Å². The molecule has 8 nitrogen and oxygen atoms in total. The standard InChI is InChI=1S/C28H36N4O4/c1-6-23(20-10-9-18(2)19(3)14-20)29-28(33)22-8-7-13-32(16-22)17-26-30-27(31-36-26)21-11-12-24(34-4)25(15-21)35-5/h9-12,14-15,22-23H,6-8,13,16-17H2,1-5H3,(H,29,33). The van der Waals surface area contributed by atoms with Crippen LogP contribution in [-0.4, -0.2) is 48.3 Å². The molecule has 0 spiro atoms. The average molecular weight is 493 g/mol. The fourth-order valence-electron chi connectivity index (χ4n) is 4.71. The van der Waals surface area contributed by atoms with Crippen LogP contribution < -0.4 is 14.8 Å². The van der Waals surface area contributed by atoms with Gasteiger partial charge in [0.05, 0.1) is 32.7 Å². The number of aromatic nitrogens is 2. The maximum absolute atomic E-state index is 13.2. The summed E-state index contributed by atoms with van der Waals surface area (Å²) in [5, 5.41) is 7.44. The van der Waals surface area contributed by atoms with Crippen molar-refractivity contribution in [3.63, 3.8) is 0 Å². The van der Waals surface area contributed by atoms with Crippen LogP contribution >= 0.6 is 0 Å². The molecule has 1 amide bonds. The highest BCUT2D eigenvalue weighted by molar-refractivity contribution is 5.79. The summed E-state index contributed by atoms with van der Waals surface area (Å²) in [5.41, 5.74) is 4.46. The van der Waals surface area contributed by atoms with Crippen LogP contribution in [0, 0.1) is 19.8 Å². The molecule has 4 rings (SSSR count). The van der Waals surface area contributed by atoms with Gasteiger partial charge in [0.25, 0.3) is 0 Å². The summed E-state index contributed by atoms with van der Waals surface area (Å²) in [6, 6.07) is 12.0. The highest BCUT2D eigenvalue weighted by atomic mass is 16.5. The van der Waals surface area contributed by atoms with Crippen LogP contribution in [0.15, 0.2) is 40.9 Å². The quantitative estimate of drug-likeness (QED) is 0.457. The number of nitrogens with one attached hydrogen (secondary N) is 1. The molecule has 1 aromatic heterocycles. The van der Waals surface area contributed by atoms with Gasteiger partial charge in [0, 0.05) is 12.1 Å². The van der Waals surface area contributed by atoms with Crippen LogP contribution in [0.3, 0.4) is 0 Å². The molecule has 1 aliphatic rings. The van der Waals surface area contributed by atoms with E-state index in [2.05, 4.69) is 59.3 Å². The van der Waals surface area contributed by atoms with Crippen molar-refractivity contribution in [2.75, 3.05) is 27.3 Å². The summed E-state index contributed by atoms with van der Waals surface area (Å²) in [6.07, 6.45) is 2.69. The molecule has 1 aliphatic heterocycles. The van der Waals surface area contributed by atoms with E-state index in [0.717, 1.165) is 36.9 Å². The lowest BCUT2D eigenvalue weighted by Gasteiger charge is -2.32. The first-order valence-corrected chi connectivity index (χ1v) is 12.6. The predicted octanol–water partition coefficient (Wildman–Crippen LogP) is 4.85. The van der Waals surface area contributed by atoms with Gasteiger partial charge in [-0.2, -0.15) is 4.98 Å². The second-order valence-corrected chi connectivity index (χ2v) is 9.47. The van der Waals surface area contributed by atoms with Crippen LogP contribution in [-0.2, 0) is 11.3 Å². The Bertz CT molecular complexity index is 1190. The highest BCUT2D eigenvalue weighted by Crippen LogP contribution is 2.31. The number of rotatable bonds is 9. The number of carbonyl (C=O) groups excluding carboxylic acids is 1. The molecule has 2 atom stereocenters. The van der Waals surface area contributed by atoms with Crippen molar-refractivity contribution in [1.29, 1.82) is 0 Å². The first kappa shape index (κ1) is 25.7. The minimum absolute atomic E-state index is 0.0205. The van der Waals surface area contributed by atoms with Crippen molar-refractivity contribution < 1.29 is 18.8 Å². The third-order valence-corrected chi connectivity index (χ3v) is 7.00. The minimum atomic E-state index is -0.0624. The van der Waals surface area contributed by atoms with Crippen molar-refractivity contribution in [1.82, 2.24) is 20.4 Å². The summed E-state index contributed by atoms with van der Waals surface area (Å²) in [4.78, 5) is 20.0. The van der Waals surface area contributed by atoms with Crippen LogP contribution in [0.5, 0.6) is 11.5 Å². The highest BCUT2D eigenvalue weighted by Gasteiger charge is 2.28. The zero-order valence-electron chi connectivity index (χ0n) is 21.8. The summed E-state index contributed by atoms with van der Waals surface area (Å²) in [6.45, 7) is 8.41. The summed E-state index contributed by atoms with van der Waals surface area (Å²) in [7, 11) is 3.19. The van der Waals surface area contributed by atoms with E-state index in [1.54, 1.807) is 14.2 Å². The fourth-order valence-corrected chi connectivity index (χ4v) is 4.71. The van der Waals surface area contributed by atoms with Crippen molar-refractivity contribution >= 4 is 5.91 Å². The molecule has 0 saturated carbocycles. The van der Waals surface area contributed by atoms with Gasteiger partial charge in [0.15, 0.2) is 11.5 Å². The van der Waals surface area contributed by atoms with Gasteiger partial charge in [0.2, 0.25) is 17.6 Å². The summed E-state index contributed by atoms with van der Waals surface area (Å²) < 4.78 is 16.2. The number of piperidine rings is 1. The Labute approximate surface area is 213 Å². The van der Waals surface area contributed by atoms with Crippen LogP contribution in [0.2, 0.25) is 0 Å². The number of hydrogen-bond donors (Lipinski definition) is 1. The molecule has 1 saturated heterocycles. The van der Waals surface area contributed by atoms with E-state index in [9.17, 15) is 4.79 Å². The van der Waals surface area contributed by atoms with Crippen molar-refractivity contribution in [3.05, 3.63) is 59.0 Å². The number of nitrogens with zero attached hydrogens (tertiary/aromatic N) is 3. The lowest BCUT2D eigenvalue weighted by Crippen LogP contribution is -2.43. The Balaban J connectivity index is 1.38. The number of hydrogen-bond acceptors (Lipinski definition) is 7. The summed E-state index contributed by atoms with van der Waals surface area (Å²) in [5.74, 6) is 2.33. The number of carbonyl (C=O) groups is 1. The smallest absolute Gasteiger partial charge is 0.241 e.